The molecule has 4 aliphatic rings. The summed E-state index contributed by atoms with van der Waals surface area (Å²) in [6.45, 7) is 0. The van der Waals surface area contributed by atoms with Crippen molar-refractivity contribution in [3.63, 3.8) is 0 Å². The van der Waals surface area contributed by atoms with Gasteiger partial charge >= 0.3 is 0 Å². The molecule has 5 nitrogen and oxygen atoms in total. The molecule has 0 atom stereocenters. The Balaban J connectivity index is 1.14. The summed E-state index contributed by atoms with van der Waals surface area (Å²) in [5.41, 5.74) is 7.23. The minimum atomic E-state index is 0.356. The molecule has 0 unspecified atom stereocenters. The smallest absolute Gasteiger partial charge is 0.240 e. The van der Waals surface area contributed by atoms with Crippen LogP contribution in [0.25, 0.3) is 66.9 Å². The Labute approximate surface area is 278 Å². The quantitative estimate of drug-likeness (QED) is 0.196. The molecule has 0 amide bonds. The van der Waals surface area contributed by atoms with Crippen molar-refractivity contribution in [3.8, 4) is 23.3 Å². The highest BCUT2D eigenvalue weighted by Gasteiger charge is 2.51. The molecule has 8 aromatic rings. The lowest BCUT2D eigenvalue weighted by atomic mass is 9.48. The molecule has 0 saturated heterocycles. The third-order valence-corrected chi connectivity index (χ3v) is 12.0. The van der Waals surface area contributed by atoms with Gasteiger partial charge in [-0.3, -0.25) is 9.13 Å². The molecular formula is C43H35N5. The van der Waals surface area contributed by atoms with E-state index < -0.39 is 0 Å². The zero-order valence-electron chi connectivity index (χ0n) is 26.8. The molecule has 4 saturated carbocycles. The normalized spacial score (nSPS) is 23.2. The van der Waals surface area contributed by atoms with E-state index in [2.05, 4.69) is 130 Å². The van der Waals surface area contributed by atoms with Gasteiger partial charge in [0.2, 0.25) is 11.9 Å². The van der Waals surface area contributed by atoms with Crippen molar-refractivity contribution in [2.45, 2.75) is 43.9 Å². The van der Waals surface area contributed by atoms with Crippen LogP contribution in [0.5, 0.6) is 0 Å². The van der Waals surface area contributed by atoms with Gasteiger partial charge < -0.3 is 0 Å². The molecule has 3 aromatic heterocycles. The average Bonchev–Trinajstić information content (AvgIpc) is 3.64. The van der Waals surface area contributed by atoms with E-state index in [0.29, 0.717) is 23.1 Å². The second-order valence-corrected chi connectivity index (χ2v) is 14.8. The van der Waals surface area contributed by atoms with Crippen LogP contribution in [0, 0.1) is 17.8 Å². The zero-order valence-corrected chi connectivity index (χ0v) is 26.8. The minimum Gasteiger partial charge on any atom is -0.278 e. The Morgan fingerprint density at radius 2 is 0.812 bits per heavy atom. The van der Waals surface area contributed by atoms with Gasteiger partial charge in [-0.15, -0.1) is 0 Å². The van der Waals surface area contributed by atoms with E-state index >= 15 is 0 Å². The second-order valence-electron chi connectivity index (χ2n) is 14.8. The molecule has 4 aliphatic carbocycles. The highest BCUT2D eigenvalue weighted by molar-refractivity contribution is 6.10. The number of nitrogens with zero attached hydrogens (tertiary/aromatic N) is 5. The van der Waals surface area contributed by atoms with Crippen LogP contribution in [0.2, 0.25) is 0 Å². The van der Waals surface area contributed by atoms with Crippen LogP contribution < -0.4 is 0 Å². The molecule has 5 aromatic carbocycles. The zero-order chi connectivity index (χ0) is 31.4. The summed E-state index contributed by atoms with van der Waals surface area (Å²) >= 11 is 0. The lowest BCUT2D eigenvalue weighted by Crippen LogP contribution is -2.48. The van der Waals surface area contributed by atoms with Gasteiger partial charge in [-0.25, -0.2) is 0 Å². The molecule has 232 valence electrons. The Bertz CT molecular complexity index is 2280. The van der Waals surface area contributed by atoms with E-state index in [1.54, 1.807) is 0 Å². The highest BCUT2D eigenvalue weighted by Crippen LogP contribution is 2.60. The molecule has 12 rings (SSSR count). The van der Waals surface area contributed by atoms with Crippen molar-refractivity contribution in [2.75, 3.05) is 0 Å². The standard InChI is InChI=1S/C43H35N5/c1-5-13-36-32(9-1)33-10-2-6-14-37(33)47(36)41-44-40(30-17-19-31(20-18-30)43-24-27-21-28(25-43)23-29(22-27)26-43)45-42(46-41)48-38-15-7-3-11-34(38)35-12-4-8-16-39(35)48/h1-20,27-29H,21-26H2. The van der Waals surface area contributed by atoms with Crippen molar-refractivity contribution < 1.29 is 0 Å². The highest BCUT2D eigenvalue weighted by atomic mass is 15.3. The summed E-state index contributed by atoms with van der Waals surface area (Å²) in [7, 11) is 0. The van der Waals surface area contributed by atoms with Crippen LogP contribution >= 0.6 is 0 Å². The van der Waals surface area contributed by atoms with Crippen molar-refractivity contribution in [2.24, 2.45) is 17.8 Å². The lowest BCUT2D eigenvalue weighted by molar-refractivity contribution is -0.00518. The molecule has 48 heavy (non-hydrogen) atoms. The van der Waals surface area contributed by atoms with Crippen LogP contribution in [0.3, 0.4) is 0 Å². The van der Waals surface area contributed by atoms with Gasteiger partial charge in [0.05, 0.1) is 22.1 Å². The minimum absolute atomic E-state index is 0.356. The Morgan fingerprint density at radius 3 is 1.21 bits per heavy atom. The van der Waals surface area contributed by atoms with Gasteiger partial charge in [0, 0.05) is 27.1 Å². The summed E-state index contributed by atoms with van der Waals surface area (Å²) in [6.07, 6.45) is 8.46. The monoisotopic (exact) mass is 621 g/mol. The number of aromatic nitrogens is 5. The van der Waals surface area contributed by atoms with Gasteiger partial charge in [-0.2, -0.15) is 15.0 Å². The Hall–Kier alpha value is -5.29. The Kier molecular flexibility index (Phi) is 5.50. The maximum Gasteiger partial charge on any atom is 0.240 e. The number of para-hydroxylation sites is 4. The van der Waals surface area contributed by atoms with Crippen LogP contribution in [-0.2, 0) is 5.41 Å². The average molecular weight is 622 g/mol. The largest absolute Gasteiger partial charge is 0.278 e. The van der Waals surface area contributed by atoms with Crippen LogP contribution in [0.4, 0.5) is 0 Å². The first kappa shape index (κ1) is 26.7. The summed E-state index contributed by atoms with van der Waals surface area (Å²) in [6, 6.07) is 43.5. The first-order chi connectivity index (χ1) is 23.7. The van der Waals surface area contributed by atoms with Crippen LogP contribution in [0.1, 0.15) is 44.1 Å². The fraction of sp³-hybridized carbons (Fsp3) is 0.233. The van der Waals surface area contributed by atoms with Gasteiger partial charge in [-0.1, -0.05) is 97.1 Å². The number of benzene rings is 5. The van der Waals surface area contributed by atoms with Crippen molar-refractivity contribution in [1.29, 1.82) is 0 Å². The van der Waals surface area contributed by atoms with Gasteiger partial charge in [0.25, 0.3) is 0 Å². The van der Waals surface area contributed by atoms with E-state index in [0.717, 1.165) is 45.4 Å². The molecule has 0 aliphatic heterocycles. The number of rotatable bonds is 4. The van der Waals surface area contributed by atoms with Crippen LogP contribution in [0.15, 0.2) is 121 Å². The molecule has 3 heterocycles. The first-order valence-electron chi connectivity index (χ1n) is 17.5. The lowest BCUT2D eigenvalue weighted by Gasteiger charge is -2.57. The molecule has 0 spiro atoms. The maximum absolute atomic E-state index is 5.29. The maximum atomic E-state index is 5.29. The van der Waals surface area contributed by atoms with Gasteiger partial charge in [0.1, 0.15) is 0 Å². The van der Waals surface area contributed by atoms with Crippen molar-refractivity contribution in [1.82, 2.24) is 24.1 Å². The van der Waals surface area contributed by atoms with Crippen molar-refractivity contribution in [3.05, 3.63) is 127 Å². The molecule has 4 fully saturated rings. The summed E-state index contributed by atoms with van der Waals surface area (Å²) in [5, 5.41) is 4.75. The fourth-order valence-corrected chi connectivity index (χ4v) is 10.4. The predicted molar refractivity (Wildman–Crippen MR) is 194 cm³/mol. The molecule has 5 heteroatoms. The molecular weight excluding hydrogens is 587 g/mol. The van der Waals surface area contributed by atoms with E-state index in [4.69, 9.17) is 15.0 Å². The van der Waals surface area contributed by atoms with Gasteiger partial charge in [-0.05, 0) is 91.5 Å². The topological polar surface area (TPSA) is 48.5 Å². The van der Waals surface area contributed by atoms with E-state index in [1.807, 2.05) is 0 Å². The molecule has 4 bridgehead atoms. The third-order valence-electron chi connectivity index (χ3n) is 12.0. The summed E-state index contributed by atoms with van der Waals surface area (Å²) < 4.78 is 4.41. The van der Waals surface area contributed by atoms with Gasteiger partial charge in [0.15, 0.2) is 5.82 Å². The molecule has 0 N–H and O–H groups in total. The van der Waals surface area contributed by atoms with E-state index in [1.165, 1.54) is 65.6 Å². The predicted octanol–water partition coefficient (Wildman–Crippen LogP) is 10.2. The SMILES string of the molecule is c1ccc2c(c1)c1ccccc1n2-c1nc(-c2ccc(C34CC5CC(CC(C5)C3)C4)cc2)nc(-n2c3ccccc3c3ccccc32)n1. The van der Waals surface area contributed by atoms with Crippen LogP contribution in [-0.4, -0.2) is 24.1 Å². The Morgan fingerprint density at radius 1 is 0.438 bits per heavy atom. The number of hydrogen-bond acceptors (Lipinski definition) is 3. The van der Waals surface area contributed by atoms with E-state index in [9.17, 15) is 0 Å². The molecule has 0 radical (unpaired) electrons. The summed E-state index contributed by atoms with van der Waals surface area (Å²) in [5.74, 6) is 4.70. The fourth-order valence-electron chi connectivity index (χ4n) is 10.4. The number of hydrogen-bond donors (Lipinski definition) is 0. The third kappa shape index (κ3) is 3.82. The first-order valence-corrected chi connectivity index (χ1v) is 17.5. The number of fused-ring (bicyclic) bond motifs is 6. The second kappa shape index (κ2) is 9.86. The van der Waals surface area contributed by atoms with E-state index in [-0.39, 0.29) is 0 Å². The summed E-state index contributed by atoms with van der Waals surface area (Å²) in [4.78, 5) is 15.8. The van der Waals surface area contributed by atoms with Crippen molar-refractivity contribution >= 4 is 43.6 Å².